The second-order valence-electron chi connectivity index (χ2n) is 2.58. The quantitative estimate of drug-likeness (QED) is 0.816. The Morgan fingerprint density at radius 3 is 2.31 bits per heavy atom. The van der Waals surface area contributed by atoms with E-state index in [1.165, 1.54) is 0 Å². The monoisotopic (exact) mass is 246 g/mol. The summed E-state index contributed by atoms with van der Waals surface area (Å²) >= 11 is 0. The minimum absolute atomic E-state index is 0.282. The Kier molecular flexibility index (Phi) is 3.15. The molecule has 0 radical (unpaired) electrons. The molecule has 0 aliphatic carbocycles. The molecule has 2 N–H and O–H groups in total. The molecule has 1 aromatic heterocycles. The average Bonchev–Trinajstić information content (AvgIpc) is 2.07. The van der Waals surface area contributed by atoms with Crippen LogP contribution in [0.1, 0.15) is 12.0 Å². The number of ether oxygens (including phenoxy) is 1. The molecular formula is C7H4F6N2O. The lowest BCUT2D eigenvalue weighted by Crippen LogP contribution is -2.19. The van der Waals surface area contributed by atoms with E-state index >= 15 is 0 Å². The molecule has 0 aromatic carbocycles. The molecule has 0 fully saturated rings. The highest BCUT2D eigenvalue weighted by Crippen LogP contribution is 2.33. The van der Waals surface area contributed by atoms with Crippen LogP contribution in [0.2, 0.25) is 0 Å². The van der Waals surface area contributed by atoms with Gasteiger partial charge in [-0.2, -0.15) is 0 Å². The lowest BCUT2D eigenvalue weighted by molar-refractivity contribution is -0.275. The van der Waals surface area contributed by atoms with Gasteiger partial charge in [0, 0.05) is 0 Å². The smallest absolute Gasteiger partial charge is 0.401 e. The van der Waals surface area contributed by atoms with Gasteiger partial charge >= 0.3 is 6.36 Å². The van der Waals surface area contributed by atoms with Crippen LogP contribution in [0.25, 0.3) is 0 Å². The van der Waals surface area contributed by atoms with Gasteiger partial charge in [-0.05, 0) is 0 Å². The third-order valence-electron chi connectivity index (χ3n) is 1.49. The molecule has 3 nitrogen and oxygen atoms in total. The Morgan fingerprint density at radius 1 is 1.31 bits per heavy atom. The number of nitrogen functional groups attached to an aromatic ring is 1. The fourth-order valence-corrected chi connectivity index (χ4v) is 0.903. The van der Waals surface area contributed by atoms with Crippen molar-refractivity contribution in [3.63, 3.8) is 0 Å². The first-order chi connectivity index (χ1) is 7.22. The molecular weight excluding hydrogens is 242 g/mol. The molecule has 90 valence electrons. The first-order valence-electron chi connectivity index (χ1n) is 3.70. The van der Waals surface area contributed by atoms with Crippen molar-refractivity contribution in [2.75, 3.05) is 5.73 Å². The van der Waals surface area contributed by atoms with Crippen LogP contribution >= 0.6 is 0 Å². The van der Waals surface area contributed by atoms with E-state index in [0.29, 0.717) is 0 Å². The maximum atomic E-state index is 13.1. The van der Waals surface area contributed by atoms with Crippen molar-refractivity contribution in [3.8, 4) is 5.75 Å². The second-order valence-corrected chi connectivity index (χ2v) is 2.58. The maximum Gasteiger partial charge on any atom is 0.573 e. The van der Waals surface area contributed by atoms with Gasteiger partial charge in [-0.25, -0.2) is 18.2 Å². The largest absolute Gasteiger partial charge is 0.573 e. The van der Waals surface area contributed by atoms with Crippen molar-refractivity contribution in [3.05, 3.63) is 17.6 Å². The highest BCUT2D eigenvalue weighted by molar-refractivity contribution is 5.45. The number of pyridine rings is 1. The fourth-order valence-electron chi connectivity index (χ4n) is 0.903. The summed E-state index contributed by atoms with van der Waals surface area (Å²) in [6.07, 6.45) is -8.30. The SMILES string of the molecule is Nc1ncc(OC(F)(F)F)c(F)c1C(F)F. The summed E-state index contributed by atoms with van der Waals surface area (Å²) in [5.74, 6) is -4.21. The van der Waals surface area contributed by atoms with Crippen LogP contribution in [0, 0.1) is 5.82 Å². The van der Waals surface area contributed by atoms with Gasteiger partial charge < -0.3 is 10.5 Å². The van der Waals surface area contributed by atoms with Crippen LogP contribution in [0.3, 0.4) is 0 Å². The number of halogens is 6. The van der Waals surface area contributed by atoms with Gasteiger partial charge in [-0.3, -0.25) is 0 Å². The van der Waals surface area contributed by atoms with Crippen molar-refractivity contribution in [1.29, 1.82) is 0 Å². The predicted molar refractivity (Wildman–Crippen MR) is 40.2 cm³/mol. The van der Waals surface area contributed by atoms with E-state index in [1.54, 1.807) is 0 Å². The van der Waals surface area contributed by atoms with Gasteiger partial charge in [-0.15, -0.1) is 13.2 Å². The fraction of sp³-hybridized carbons (Fsp3) is 0.286. The summed E-state index contributed by atoms with van der Waals surface area (Å²) in [6, 6.07) is 0. The number of alkyl halides is 5. The average molecular weight is 246 g/mol. The molecule has 0 atom stereocenters. The zero-order valence-corrected chi connectivity index (χ0v) is 7.36. The molecule has 0 unspecified atom stereocenters. The highest BCUT2D eigenvalue weighted by Gasteiger charge is 2.34. The van der Waals surface area contributed by atoms with Gasteiger partial charge in [-0.1, -0.05) is 0 Å². The van der Waals surface area contributed by atoms with Crippen molar-refractivity contribution < 1.29 is 31.1 Å². The lowest BCUT2D eigenvalue weighted by Gasteiger charge is -2.12. The molecule has 9 heteroatoms. The van der Waals surface area contributed by atoms with Crippen LogP contribution in [-0.4, -0.2) is 11.3 Å². The van der Waals surface area contributed by atoms with E-state index in [-0.39, 0.29) is 6.20 Å². The summed E-state index contributed by atoms with van der Waals surface area (Å²) in [7, 11) is 0. The first-order valence-corrected chi connectivity index (χ1v) is 3.70. The number of anilines is 1. The van der Waals surface area contributed by atoms with Crippen molar-refractivity contribution >= 4 is 5.82 Å². The number of nitrogens with zero attached hydrogens (tertiary/aromatic N) is 1. The van der Waals surface area contributed by atoms with Crippen LogP contribution in [0.5, 0.6) is 5.75 Å². The summed E-state index contributed by atoms with van der Waals surface area (Å²) in [6.45, 7) is 0. The van der Waals surface area contributed by atoms with Gasteiger partial charge in [0.2, 0.25) is 0 Å². The Balaban J connectivity index is 3.19. The third-order valence-corrected chi connectivity index (χ3v) is 1.49. The zero-order chi connectivity index (χ0) is 12.5. The van der Waals surface area contributed by atoms with E-state index in [0.717, 1.165) is 0 Å². The Hall–Kier alpha value is -1.67. The van der Waals surface area contributed by atoms with Gasteiger partial charge in [0.1, 0.15) is 5.82 Å². The van der Waals surface area contributed by atoms with Crippen LogP contribution < -0.4 is 10.5 Å². The van der Waals surface area contributed by atoms with Gasteiger partial charge in [0.15, 0.2) is 11.6 Å². The summed E-state index contributed by atoms with van der Waals surface area (Å²) < 4.78 is 75.8. The van der Waals surface area contributed by atoms with E-state index in [2.05, 4.69) is 9.72 Å². The molecule has 0 amide bonds. The number of nitrogens with two attached hydrogens (primary N) is 1. The molecule has 0 spiro atoms. The van der Waals surface area contributed by atoms with Crippen molar-refractivity contribution in [2.24, 2.45) is 0 Å². The maximum absolute atomic E-state index is 13.1. The van der Waals surface area contributed by atoms with Gasteiger partial charge in [0.05, 0.1) is 11.8 Å². The van der Waals surface area contributed by atoms with Crippen molar-refractivity contribution in [1.82, 2.24) is 4.98 Å². The molecule has 0 aliphatic rings. The topological polar surface area (TPSA) is 48.1 Å². The molecule has 0 aliphatic heterocycles. The first kappa shape index (κ1) is 12.4. The van der Waals surface area contributed by atoms with E-state index < -0.39 is 35.7 Å². The van der Waals surface area contributed by atoms with Gasteiger partial charge in [0.25, 0.3) is 6.43 Å². The molecule has 16 heavy (non-hydrogen) atoms. The van der Waals surface area contributed by atoms with E-state index in [4.69, 9.17) is 5.73 Å². The molecule has 1 aromatic rings. The summed E-state index contributed by atoms with van der Waals surface area (Å²) in [4.78, 5) is 2.98. The zero-order valence-electron chi connectivity index (χ0n) is 7.36. The molecule has 1 heterocycles. The second kappa shape index (κ2) is 4.06. The normalized spacial score (nSPS) is 11.9. The Labute approximate surface area is 84.8 Å². The minimum Gasteiger partial charge on any atom is -0.401 e. The number of hydrogen-bond donors (Lipinski definition) is 1. The summed E-state index contributed by atoms with van der Waals surface area (Å²) in [5, 5.41) is 0. The van der Waals surface area contributed by atoms with E-state index in [1.807, 2.05) is 0 Å². The standard InChI is InChI=1S/C7H4F6N2O/c8-4-2(16-7(11,12)13)1-15-6(14)3(4)5(9)10/h1,5H,(H2,14,15). The van der Waals surface area contributed by atoms with Crippen LogP contribution in [-0.2, 0) is 0 Å². The molecule has 0 saturated carbocycles. The number of hydrogen-bond acceptors (Lipinski definition) is 3. The Morgan fingerprint density at radius 2 is 1.88 bits per heavy atom. The van der Waals surface area contributed by atoms with Crippen molar-refractivity contribution in [2.45, 2.75) is 12.8 Å². The minimum atomic E-state index is -5.20. The number of aromatic nitrogens is 1. The third kappa shape index (κ3) is 2.67. The lowest BCUT2D eigenvalue weighted by atomic mass is 10.2. The molecule has 1 rings (SSSR count). The van der Waals surface area contributed by atoms with Crippen LogP contribution in [0.15, 0.2) is 6.20 Å². The Bertz CT molecular complexity index is 391. The highest BCUT2D eigenvalue weighted by atomic mass is 19.4. The predicted octanol–water partition coefficient (Wildman–Crippen LogP) is 2.64. The van der Waals surface area contributed by atoms with E-state index in [9.17, 15) is 26.3 Å². The number of rotatable bonds is 2. The summed E-state index contributed by atoms with van der Waals surface area (Å²) in [5.41, 5.74) is 3.47. The molecule has 0 bridgehead atoms. The molecule has 0 saturated heterocycles. The van der Waals surface area contributed by atoms with Crippen LogP contribution in [0.4, 0.5) is 32.2 Å².